The zero-order valence-corrected chi connectivity index (χ0v) is 41.8. The van der Waals surface area contributed by atoms with Gasteiger partial charge < -0.3 is 9.80 Å². The van der Waals surface area contributed by atoms with Crippen molar-refractivity contribution in [2.45, 2.75) is 10.8 Å². The van der Waals surface area contributed by atoms with Gasteiger partial charge in [0, 0.05) is 22.5 Å². The van der Waals surface area contributed by atoms with Gasteiger partial charge >= 0.3 is 0 Å². The lowest BCUT2D eigenvalue weighted by molar-refractivity contribution is 0.752. The minimum absolute atomic E-state index is 0.577. The van der Waals surface area contributed by atoms with Crippen molar-refractivity contribution >= 4 is 34.1 Å². The van der Waals surface area contributed by atoms with Crippen molar-refractivity contribution in [3.8, 4) is 44.5 Å². The van der Waals surface area contributed by atoms with Crippen LogP contribution in [0.3, 0.4) is 0 Å². The van der Waals surface area contributed by atoms with Crippen LogP contribution in [0.25, 0.3) is 44.5 Å². The highest BCUT2D eigenvalue weighted by Crippen LogP contribution is 2.65. The first-order valence-electron chi connectivity index (χ1n) is 26.4. The predicted octanol–water partition coefficient (Wildman–Crippen LogP) is 19.0. The fourth-order valence-electron chi connectivity index (χ4n) is 13.5. The number of anilines is 6. The van der Waals surface area contributed by atoms with Gasteiger partial charge in [-0.15, -0.1) is 0 Å². The van der Waals surface area contributed by atoms with E-state index in [4.69, 9.17) is 0 Å². The Morgan fingerprint density at radius 3 is 1.36 bits per heavy atom. The van der Waals surface area contributed by atoms with Crippen LogP contribution in [0.5, 0.6) is 0 Å². The Hall–Kier alpha value is -9.76. The van der Waals surface area contributed by atoms with Crippen LogP contribution in [0.1, 0.15) is 44.5 Å². The van der Waals surface area contributed by atoms with Gasteiger partial charge in [-0.05, 0) is 126 Å². The molecule has 1 spiro atoms. The topological polar surface area (TPSA) is 6.48 Å². The first-order valence-corrected chi connectivity index (χ1v) is 26.4. The summed E-state index contributed by atoms with van der Waals surface area (Å²) in [6, 6.07) is 113. The molecule has 76 heavy (non-hydrogen) atoms. The Morgan fingerprint density at radius 1 is 0.263 bits per heavy atom. The number of para-hydroxylation sites is 4. The third-order valence-electron chi connectivity index (χ3n) is 16.5. The summed E-state index contributed by atoms with van der Waals surface area (Å²) in [7, 11) is 0. The fraction of sp³-hybridized carbons (Fsp3) is 0.0270. The molecule has 0 unspecified atom stereocenters. The van der Waals surface area contributed by atoms with E-state index in [0.29, 0.717) is 0 Å². The normalized spacial score (nSPS) is 13.7. The van der Waals surface area contributed by atoms with Crippen molar-refractivity contribution in [2.24, 2.45) is 0 Å². The summed E-state index contributed by atoms with van der Waals surface area (Å²) in [6.45, 7) is 0. The van der Waals surface area contributed by atoms with E-state index in [1.54, 1.807) is 0 Å². The lowest BCUT2D eigenvalue weighted by Gasteiger charge is -2.45. The molecular formula is C74H50N2. The summed E-state index contributed by atoms with van der Waals surface area (Å²) in [5.74, 6) is 0. The molecule has 0 saturated carbocycles. The summed E-state index contributed by atoms with van der Waals surface area (Å²) < 4.78 is 0. The molecule has 0 atom stereocenters. The maximum absolute atomic E-state index is 2.58. The van der Waals surface area contributed by atoms with Gasteiger partial charge in [-0.2, -0.15) is 0 Å². The Kier molecular flexibility index (Phi) is 10.0. The van der Waals surface area contributed by atoms with E-state index < -0.39 is 10.8 Å². The van der Waals surface area contributed by atoms with Crippen molar-refractivity contribution < 1.29 is 0 Å². The average Bonchev–Trinajstić information content (AvgIpc) is 4.20. The molecule has 0 fully saturated rings. The minimum atomic E-state index is -0.639. The molecule has 0 radical (unpaired) electrons. The zero-order chi connectivity index (χ0) is 50.2. The van der Waals surface area contributed by atoms with E-state index in [-0.39, 0.29) is 0 Å². The van der Waals surface area contributed by atoms with Gasteiger partial charge in [0.15, 0.2) is 0 Å². The van der Waals surface area contributed by atoms with Crippen molar-refractivity contribution in [1.82, 2.24) is 0 Å². The van der Waals surface area contributed by atoms with Gasteiger partial charge in [0.25, 0.3) is 0 Å². The van der Waals surface area contributed by atoms with Crippen LogP contribution in [0, 0.1) is 0 Å². The molecule has 2 aliphatic carbocycles. The van der Waals surface area contributed by atoms with E-state index in [2.05, 4.69) is 313 Å². The summed E-state index contributed by atoms with van der Waals surface area (Å²) in [5, 5.41) is 0. The molecule has 2 heteroatoms. The monoisotopic (exact) mass is 966 g/mol. The fourth-order valence-corrected chi connectivity index (χ4v) is 13.5. The third-order valence-corrected chi connectivity index (χ3v) is 16.5. The molecule has 0 saturated heterocycles. The molecule has 1 heterocycles. The van der Waals surface area contributed by atoms with Crippen LogP contribution in [-0.4, -0.2) is 0 Å². The van der Waals surface area contributed by atoms with Gasteiger partial charge in [-0.3, -0.25) is 0 Å². The van der Waals surface area contributed by atoms with E-state index in [0.717, 1.165) is 33.9 Å². The maximum atomic E-state index is 2.58. The Balaban J connectivity index is 1.03. The molecule has 356 valence electrons. The molecule has 12 aromatic carbocycles. The van der Waals surface area contributed by atoms with E-state index in [1.165, 1.54) is 89.3 Å². The first-order chi connectivity index (χ1) is 37.7. The zero-order valence-electron chi connectivity index (χ0n) is 41.8. The van der Waals surface area contributed by atoms with Gasteiger partial charge in [0.1, 0.15) is 0 Å². The van der Waals surface area contributed by atoms with Crippen LogP contribution >= 0.6 is 0 Å². The molecule has 0 N–H and O–H groups in total. The van der Waals surface area contributed by atoms with Crippen molar-refractivity contribution in [1.29, 1.82) is 0 Å². The lowest BCUT2D eigenvalue weighted by Crippen LogP contribution is -2.36. The molecule has 3 aliphatic rings. The number of benzene rings is 12. The van der Waals surface area contributed by atoms with Crippen LogP contribution in [-0.2, 0) is 10.8 Å². The second-order valence-corrected chi connectivity index (χ2v) is 20.3. The van der Waals surface area contributed by atoms with Crippen LogP contribution in [0.2, 0.25) is 0 Å². The number of hydrogen-bond donors (Lipinski definition) is 0. The molecule has 1 aliphatic heterocycles. The SMILES string of the molecule is c1ccc(-c2ccc(-c3ccccc3N(c3ccc4c(c3)C3(c5ccccc5-4)c4ccccc4N(c4ccccc4)c4ccccc43)c3cccc4c3-c3ccccc3C4(c3ccccc3)c3ccccc3)cc2)cc1. The minimum Gasteiger partial charge on any atom is -0.310 e. The Bertz CT molecular complexity index is 4080. The van der Waals surface area contributed by atoms with Gasteiger partial charge in [0.2, 0.25) is 0 Å². The molecule has 0 amide bonds. The van der Waals surface area contributed by atoms with Gasteiger partial charge in [-0.1, -0.05) is 255 Å². The Labute approximate surface area is 444 Å². The van der Waals surface area contributed by atoms with Crippen molar-refractivity contribution in [3.05, 3.63) is 348 Å². The third kappa shape index (κ3) is 6.28. The largest absolute Gasteiger partial charge is 0.310 e. The van der Waals surface area contributed by atoms with Crippen LogP contribution in [0.4, 0.5) is 34.1 Å². The highest BCUT2D eigenvalue weighted by molar-refractivity contribution is 6.02. The van der Waals surface area contributed by atoms with Crippen molar-refractivity contribution in [2.75, 3.05) is 9.80 Å². The van der Waals surface area contributed by atoms with E-state index in [9.17, 15) is 0 Å². The summed E-state index contributed by atoms with van der Waals surface area (Å²) in [4.78, 5) is 5.04. The standard InChI is InChI=1S/C74H50N2/c1-5-24-51(25-6-1)52-44-46-53(47-45-52)58-32-15-20-40-68(58)76(71-43-23-39-66-72(71)61-34-14-17-36-63(61)73(66,54-26-7-2-8-27-54)55-28-9-3-10-29-55)57-48-49-60-59-33-13-16-35-62(59)74(67(60)50-57)64-37-18-21-41-69(64)75(56-30-11-4-12-31-56)70-42-22-19-38-65(70)74/h1-50H. The number of rotatable bonds is 8. The first kappa shape index (κ1) is 43.8. The maximum Gasteiger partial charge on any atom is 0.0755 e. The van der Waals surface area contributed by atoms with E-state index in [1.807, 2.05) is 0 Å². The van der Waals surface area contributed by atoms with Gasteiger partial charge in [-0.25, -0.2) is 0 Å². The molecule has 2 nitrogen and oxygen atoms in total. The average molecular weight is 967 g/mol. The second kappa shape index (κ2) is 17.4. The van der Waals surface area contributed by atoms with E-state index >= 15 is 0 Å². The number of hydrogen-bond acceptors (Lipinski definition) is 2. The van der Waals surface area contributed by atoms with Crippen LogP contribution in [0.15, 0.2) is 303 Å². The number of nitrogens with zero attached hydrogens (tertiary/aromatic N) is 2. The summed E-state index contributed by atoms with van der Waals surface area (Å²) >= 11 is 0. The predicted molar refractivity (Wildman–Crippen MR) is 315 cm³/mol. The molecule has 0 aromatic heterocycles. The van der Waals surface area contributed by atoms with Crippen LogP contribution < -0.4 is 9.80 Å². The second-order valence-electron chi connectivity index (χ2n) is 20.3. The lowest BCUT2D eigenvalue weighted by atomic mass is 9.64. The van der Waals surface area contributed by atoms with Crippen molar-refractivity contribution in [3.63, 3.8) is 0 Å². The highest BCUT2D eigenvalue weighted by atomic mass is 15.2. The molecular weight excluding hydrogens is 917 g/mol. The number of fused-ring (bicyclic) bond motifs is 12. The highest BCUT2D eigenvalue weighted by Gasteiger charge is 2.52. The molecule has 12 aromatic rings. The summed E-state index contributed by atoms with van der Waals surface area (Å²) in [5.41, 5.74) is 25.4. The quantitative estimate of drug-likeness (QED) is 0.150. The molecule has 0 bridgehead atoms. The summed E-state index contributed by atoms with van der Waals surface area (Å²) in [6.07, 6.45) is 0. The smallest absolute Gasteiger partial charge is 0.0755 e. The Morgan fingerprint density at radius 2 is 0.711 bits per heavy atom. The van der Waals surface area contributed by atoms with Gasteiger partial charge in [0.05, 0.1) is 33.6 Å². The molecule has 15 rings (SSSR count).